The molecule has 2 aliphatic rings. The first kappa shape index (κ1) is 20.5. The van der Waals surface area contributed by atoms with Crippen LogP contribution in [0.5, 0.6) is 11.5 Å². The number of anilines is 1. The molecule has 8 heteroatoms. The third kappa shape index (κ3) is 4.23. The third-order valence-electron chi connectivity index (χ3n) is 5.41. The first-order chi connectivity index (χ1) is 14.4. The zero-order valence-electron chi connectivity index (χ0n) is 17.0. The van der Waals surface area contributed by atoms with Crippen molar-refractivity contribution in [3.63, 3.8) is 0 Å². The quantitative estimate of drug-likeness (QED) is 0.729. The van der Waals surface area contributed by atoms with Gasteiger partial charge in [-0.15, -0.1) is 0 Å². The Kier molecular flexibility index (Phi) is 5.85. The number of hydrogen-bond donors (Lipinski definition) is 0. The summed E-state index contributed by atoms with van der Waals surface area (Å²) in [5.74, 6) is 0.733. The second-order valence-corrected chi connectivity index (χ2v) is 9.46. The summed E-state index contributed by atoms with van der Waals surface area (Å²) in [4.78, 5) is 14.8. The molecule has 1 amide bonds. The van der Waals surface area contributed by atoms with Gasteiger partial charge in [-0.05, 0) is 50.5 Å². The van der Waals surface area contributed by atoms with Crippen LogP contribution in [-0.4, -0.2) is 52.1 Å². The molecule has 0 aromatic heterocycles. The average Bonchev–Trinajstić information content (AvgIpc) is 2.78. The molecule has 30 heavy (non-hydrogen) atoms. The lowest BCUT2D eigenvalue weighted by Gasteiger charge is -2.31. The van der Waals surface area contributed by atoms with Gasteiger partial charge in [-0.2, -0.15) is 0 Å². The molecule has 1 saturated heterocycles. The fraction of sp³-hybridized carbons (Fsp3) is 0.409. The van der Waals surface area contributed by atoms with Crippen molar-refractivity contribution in [1.82, 2.24) is 4.90 Å². The van der Waals surface area contributed by atoms with E-state index in [1.807, 2.05) is 19.1 Å². The Morgan fingerprint density at radius 1 is 0.967 bits per heavy atom. The van der Waals surface area contributed by atoms with Crippen molar-refractivity contribution in [1.29, 1.82) is 0 Å². The fourth-order valence-electron chi connectivity index (χ4n) is 3.70. The molecule has 1 fully saturated rings. The van der Waals surface area contributed by atoms with Gasteiger partial charge in [0.1, 0.15) is 19.8 Å². The highest BCUT2D eigenvalue weighted by Gasteiger charge is 2.30. The van der Waals surface area contributed by atoms with Gasteiger partial charge in [0.2, 0.25) is 5.91 Å². The third-order valence-corrected chi connectivity index (χ3v) is 7.18. The molecule has 2 aromatic carbocycles. The molecule has 0 N–H and O–H groups in total. The Hall–Kier alpha value is -2.74. The second-order valence-electron chi connectivity index (χ2n) is 7.59. The van der Waals surface area contributed by atoms with Crippen molar-refractivity contribution in [3.05, 3.63) is 48.0 Å². The first-order valence-corrected chi connectivity index (χ1v) is 11.7. The summed E-state index contributed by atoms with van der Waals surface area (Å²) >= 11 is 0. The number of rotatable bonds is 5. The van der Waals surface area contributed by atoms with Crippen LogP contribution in [0.25, 0.3) is 0 Å². The molecule has 160 valence electrons. The largest absolute Gasteiger partial charge is 0.486 e. The number of nitrogens with zero attached hydrogens (tertiary/aromatic N) is 2. The van der Waals surface area contributed by atoms with Crippen molar-refractivity contribution in [2.24, 2.45) is 0 Å². The van der Waals surface area contributed by atoms with E-state index in [4.69, 9.17) is 9.47 Å². The van der Waals surface area contributed by atoms with Crippen molar-refractivity contribution in [2.45, 2.75) is 31.1 Å². The van der Waals surface area contributed by atoms with E-state index in [2.05, 4.69) is 0 Å². The van der Waals surface area contributed by atoms with E-state index in [0.29, 0.717) is 43.5 Å². The van der Waals surface area contributed by atoms with Crippen LogP contribution in [0.2, 0.25) is 0 Å². The van der Waals surface area contributed by atoms with E-state index in [1.165, 1.54) is 16.4 Å². The Morgan fingerprint density at radius 2 is 1.63 bits per heavy atom. The number of amides is 1. The molecule has 2 heterocycles. The van der Waals surface area contributed by atoms with Gasteiger partial charge >= 0.3 is 0 Å². The van der Waals surface area contributed by atoms with Gasteiger partial charge in [0, 0.05) is 19.2 Å². The fourth-order valence-corrected chi connectivity index (χ4v) is 5.13. The standard InChI is InChI=1S/C22H26N2O5S/c1-17-5-7-18(8-6-17)24(16-22(25)23-11-3-2-4-12-23)30(26,27)19-9-10-20-21(15-19)29-14-13-28-20/h5-10,15H,2-4,11-14,16H2,1H3. The van der Waals surface area contributed by atoms with Crippen LogP contribution in [-0.2, 0) is 14.8 Å². The monoisotopic (exact) mass is 430 g/mol. The minimum Gasteiger partial charge on any atom is -0.486 e. The molecular formula is C22H26N2O5S. The number of hydrogen-bond acceptors (Lipinski definition) is 5. The van der Waals surface area contributed by atoms with Crippen molar-refractivity contribution in [3.8, 4) is 11.5 Å². The van der Waals surface area contributed by atoms with E-state index >= 15 is 0 Å². The van der Waals surface area contributed by atoms with E-state index in [-0.39, 0.29) is 17.3 Å². The van der Waals surface area contributed by atoms with E-state index in [9.17, 15) is 13.2 Å². The zero-order valence-corrected chi connectivity index (χ0v) is 17.9. The van der Waals surface area contributed by atoms with Crippen LogP contribution in [0, 0.1) is 6.92 Å². The summed E-state index contributed by atoms with van der Waals surface area (Å²) in [6.07, 6.45) is 3.00. The van der Waals surface area contributed by atoms with Gasteiger partial charge in [-0.25, -0.2) is 8.42 Å². The number of benzene rings is 2. The van der Waals surface area contributed by atoms with Crippen LogP contribution in [0.1, 0.15) is 24.8 Å². The molecule has 0 aliphatic carbocycles. The molecule has 4 rings (SSSR count). The summed E-state index contributed by atoms with van der Waals surface area (Å²) < 4.78 is 39.4. The normalized spacial score (nSPS) is 16.2. The highest BCUT2D eigenvalue weighted by molar-refractivity contribution is 7.92. The average molecular weight is 431 g/mol. The number of carbonyl (C=O) groups is 1. The summed E-state index contributed by atoms with van der Waals surface area (Å²) in [5, 5.41) is 0. The topological polar surface area (TPSA) is 76.2 Å². The van der Waals surface area contributed by atoms with Gasteiger partial charge in [0.25, 0.3) is 10.0 Å². The van der Waals surface area contributed by atoms with Crippen LogP contribution in [0.15, 0.2) is 47.4 Å². The number of piperidine rings is 1. The maximum Gasteiger partial charge on any atom is 0.264 e. The molecule has 2 aromatic rings. The smallest absolute Gasteiger partial charge is 0.264 e. The molecule has 0 bridgehead atoms. The Labute approximate surface area is 177 Å². The molecule has 0 saturated carbocycles. The number of aryl methyl sites for hydroxylation is 1. The SMILES string of the molecule is Cc1ccc(N(CC(=O)N2CCCCC2)S(=O)(=O)c2ccc3c(c2)OCCO3)cc1. The van der Waals surface area contributed by atoms with Crippen molar-refractivity contribution < 1.29 is 22.7 Å². The van der Waals surface area contributed by atoms with E-state index in [1.54, 1.807) is 23.1 Å². The summed E-state index contributed by atoms with van der Waals surface area (Å²) in [7, 11) is -3.98. The minimum atomic E-state index is -3.98. The van der Waals surface area contributed by atoms with Gasteiger partial charge in [-0.1, -0.05) is 17.7 Å². The minimum absolute atomic E-state index is 0.0683. The van der Waals surface area contributed by atoms with E-state index < -0.39 is 10.0 Å². The highest BCUT2D eigenvalue weighted by Crippen LogP contribution is 2.34. The summed E-state index contributed by atoms with van der Waals surface area (Å²) in [6, 6.07) is 11.7. The van der Waals surface area contributed by atoms with Crippen LogP contribution in [0.4, 0.5) is 5.69 Å². The molecule has 0 spiro atoms. The predicted molar refractivity (Wildman–Crippen MR) is 114 cm³/mol. The Bertz CT molecular complexity index is 1010. The summed E-state index contributed by atoms with van der Waals surface area (Å²) in [6.45, 7) is 3.84. The van der Waals surface area contributed by atoms with Gasteiger partial charge < -0.3 is 14.4 Å². The Morgan fingerprint density at radius 3 is 2.33 bits per heavy atom. The number of carbonyl (C=O) groups excluding carboxylic acids is 1. The van der Waals surface area contributed by atoms with Crippen LogP contribution in [0.3, 0.4) is 0 Å². The van der Waals surface area contributed by atoms with Gasteiger partial charge in [0.15, 0.2) is 11.5 Å². The second kappa shape index (κ2) is 8.55. The lowest BCUT2D eigenvalue weighted by atomic mass is 10.1. The molecule has 0 unspecified atom stereocenters. The molecule has 7 nitrogen and oxygen atoms in total. The summed E-state index contributed by atoms with van der Waals surface area (Å²) in [5.41, 5.74) is 1.47. The number of fused-ring (bicyclic) bond motifs is 1. The van der Waals surface area contributed by atoms with Crippen LogP contribution >= 0.6 is 0 Å². The number of sulfonamides is 1. The number of ether oxygens (including phenoxy) is 2. The molecule has 0 atom stereocenters. The van der Waals surface area contributed by atoms with Crippen molar-refractivity contribution in [2.75, 3.05) is 37.2 Å². The highest BCUT2D eigenvalue weighted by atomic mass is 32.2. The van der Waals surface area contributed by atoms with Gasteiger partial charge in [-0.3, -0.25) is 9.10 Å². The lowest BCUT2D eigenvalue weighted by Crippen LogP contribution is -2.44. The van der Waals surface area contributed by atoms with Gasteiger partial charge in [0.05, 0.1) is 10.6 Å². The van der Waals surface area contributed by atoms with Crippen LogP contribution < -0.4 is 13.8 Å². The van der Waals surface area contributed by atoms with Crippen molar-refractivity contribution >= 4 is 21.6 Å². The maximum absolute atomic E-state index is 13.6. The first-order valence-electron chi connectivity index (χ1n) is 10.2. The zero-order chi connectivity index (χ0) is 21.1. The predicted octanol–water partition coefficient (Wildman–Crippen LogP) is 2.97. The molecular weight excluding hydrogens is 404 g/mol. The molecule has 0 radical (unpaired) electrons. The van der Waals surface area contributed by atoms with E-state index in [0.717, 1.165) is 24.8 Å². The lowest BCUT2D eigenvalue weighted by molar-refractivity contribution is -0.130. The number of likely N-dealkylation sites (tertiary alicyclic amines) is 1. The maximum atomic E-state index is 13.6. The molecule has 2 aliphatic heterocycles. The Balaban J connectivity index is 1.68.